The smallest absolute Gasteiger partial charge is 0.269 e. The maximum atomic E-state index is 11.7. The molecular formula is C9H9Cl2N3O2. The molecule has 7 heteroatoms. The topological polar surface area (TPSA) is 89.4 Å². The summed E-state index contributed by atoms with van der Waals surface area (Å²) >= 11 is 11.5. The van der Waals surface area contributed by atoms with Gasteiger partial charge < -0.3 is 5.73 Å². The van der Waals surface area contributed by atoms with Crippen LogP contribution in [0.3, 0.4) is 0 Å². The van der Waals surface area contributed by atoms with Gasteiger partial charge in [-0.2, -0.15) is 0 Å². The largest absolute Gasteiger partial charge is 0.368 e. The van der Waals surface area contributed by atoms with Crippen molar-refractivity contribution in [2.45, 2.75) is 0 Å². The molecule has 0 radical (unpaired) electrons. The van der Waals surface area contributed by atoms with Crippen LogP contribution < -0.4 is 11.6 Å². The summed E-state index contributed by atoms with van der Waals surface area (Å²) < 4.78 is 0. The highest BCUT2D eigenvalue weighted by molar-refractivity contribution is 6.36. The lowest BCUT2D eigenvalue weighted by Crippen LogP contribution is -2.43. The molecule has 0 atom stereocenters. The molecule has 1 aromatic carbocycles. The number of hydrogen-bond donors (Lipinski definition) is 2. The minimum atomic E-state index is -0.707. The first kappa shape index (κ1) is 12.8. The second-order valence-corrected chi connectivity index (χ2v) is 3.87. The Bertz CT molecular complexity index is 437. The van der Waals surface area contributed by atoms with E-state index in [9.17, 15) is 9.59 Å². The molecule has 0 spiro atoms. The third-order valence-corrected chi connectivity index (χ3v) is 2.30. The lowest BCUT2D eigenvalue weighted by molar-refractivity contribution is -0.118. The van der Waals surface area contributed by atoms with Crippen LogP contribution in [0.2, 0.25) is 10.0 Å². The minimum absolute atomic E-state index is 0.162. The summed E-state index contributed by atoms with van der Waals surface area (Å²) in [7, 11) is 0. The highest BCUT2D eigenvalue weighted by Gasteiger charge is 2.17. The Morgan fingerprint density at radius 3 is 2.44 bits per heavy atom. The number of nitrogens with two attached hydrogens (primary N) is 2. The molecule has 1 rings (SSSR count). The van der Waals surface area contributed by atoms with E-state index in [1.54, 1.807) is 0 Å². The van der Waals surface area contributed by atoms with Gasteiger partial charge in [-0.15, -0.1) is 0 Å². The van der Waals surface area contributed by atoms with Gasteiger partial charge in [0.15, 0.2) is 0 Å². The zero-order chi connectivity index (χ0) is 12.3. The summed E-state index contributed by atoms with van der Waals surface area (Å²) in [4.78, 5) is 22.3. The van der Waals surface area contributed by atoms with E-state index in [0.29, 0.717) is 10.0 Å². The number of hydrogen-bond acceptors (Lipinski definition) is 3. The fourth-order valence-electron chi connectivity index (χ4n) is 1.06. The van der Waals surface area contributed by atoms with E-state index < -0.39 is 11.8 Å². The van der Waals surface area contributed by atoms with Gasteiger partial charge in [-0.25, -0.2) is 5.84 Å². The van der Waals surface area contributed by atoms with Crippen LogP contribution in [0.1, 0.15) is 10.4 Å². The molecule has 86 valence electrons. The van der Waals surface area contributed by atoms with Crippen molar-refractivity contribution in [3.63, 3.8) is 0 Å². The quantitative estimate of drug-likeness (QED) is 0.479. The number of carbonyl (C=O) groups is 2. The van der Waals surface area contributed by atoms with Gasteiger partial charge in [0.25, 0.3) is 5.91 Å². The average Bonchev–Trinajstić information content (AvgIpc) is 2.15. The molecule has 4 N–H and O–H groups in total. The Morgan fingerprint density at radius 1 is 1.31 bits per heavy atom. The van der Waals surface area contributed by atoms with Gasteiger partial charge in [0.1, 0.15) is 6.54 Å². The average molecular weight is 262 g/mol. The van der Waals surface area contributed by atoms with Crippen LogP contribution in [-0.2, 0) is 4.79 Å². The van der Waals surface area contributed by atoms with Gasteiger partial charge in [-0.1, -0.05) is 23.2 Å². The van der Waals surface area contributed by atoms with Crippen molar-refractivity contribution in [1.82, 2.24) is 5.01 Å². The van der Waals surface area contributed by atoms with E-state index in [1.165, 1.54) is 18.2 Å². The molecule has 0 aliphatic rings. The van der Waals surface area contributed by atoms with Gasteiger partial charge in [-0.3, -0.25) is 14.6 Å². The Morgan fingerprint density at radius 2 is 1.94 bits per heavy atom. The van der Waals surface area contributed by atoms with Crippen molar-refractivity contribution in [2.75, 3.05) is 6.54 Å². The zero-order valence-corrected chi connectivity index (χ0v) is 9.63. The van der Waals surface area contributed by atoms with Crippen LogP contribution in [0.15, 0.2) is 18.2 Å². The van der Waals surface area contributed by atoms with Crippen LogP contribution in [-0.4, -0.2) is 23.4 Å². The van der Waals surface area contributed by atoms with Crippen molar-refractivity contribution in [3.8, 4) is 0 Å². The van der Waals surface area contributed by atoms with Crippen molar-refractivity contribution >= 4 is 35.0 Å². The normalized spacial score (nSPS) is 9.94. The third-order valence-electron chi connectivity index (χ3n) is 1.75. The Labute approximate surface area is 102 Å². The number of benzene rings is 1. The number of amides is 2. The number of carbonyl (C=O) groups excluding carboxylic acids is 2. The summed E-state index contributed by atoms with van der Waals surface area (Å²) in [6, 6.07) is 4.33. The fraction of sp³-hybridized carbons (Fsp3) is 0.111. The van der Waals surface area contributed by atoms with Crippen molar-refractivity contribution in [1.29, 1.82) is 0 Å². The molecule has 0 fully saturated rings. The molecule has 0 bridgehead atoms. The first-order valence-electron chi connectivity index (χ1n) is 4.21. The van der Waals surface area contributed by atoms with E-state index in [-0.39, 0.29) is 17.1 Å². The van der Waals surface area contributed by atoms with Crippen LogP contribution in [0.5, 0.6) is 0 Å². The van der Waals surface area contributed by atoms with Crippen LogP contribution in [0, 0.1) is 0 Å². The van der Waals surface area contributed by atoms with Crippen LogP contribution in [0.25, 0.3) is 0 Å². The Balaban J connectivity index is 2.92. The highest BCUT2D eigenvalue weighted by Crippen LogP contribution is 2.21. The third kappa shape index (κ3) is 3.10. The van der Waals surface area contributed by atoms with Gasteiger partial charge in [-0.05, 0) is 18.2 Å². The Hall–Kier alpha value is -1.30. The number of halogens is 2. The molecule has 0 aliphatic heterocycles. The minimum Gasteiger partial charge on any atom is -0.368 e. The molecule has 16 heavy (non-hydrogen) atoms. The monoisotopic (exact) mass is 261 g/mol. The Kier molecular flexibility index (Phi) is 4.12. The summed E-state index contributed by atoms with van der Waals surface area (Å²) in [6.45, 7) is -0.377. The number of primary amides is 1. The molecule has 2 amide bonds. The van der Waals surface area contributed by atoms with Gasteiger partial charge in [0.2, 0.25) is 5.91 Å². The zero-order valence-electron chi connectivity index (χ0n) is 8.11. The maximum absolute atomic E-state index is 11.7. The van der Waals surface area contributed by atoms with Crippen molar-refractivity contribution in [3.05, 3.63) is 33.8 Å². The second-order valence-electron chi connectivity index (χ2n) is 3.02. The van der Waals surface area contributed by atoms with Crippen LogP contribution >= 0.6 is 23.2 Å². The molecule has 5 nitrogen and oxygen atoms in total. The number of rotatable bonds is 3. The summed E-state index contributed by atoms with van der Waals surface area (Å²) in [5.41, 5.74) is 5.07. The molecule has 0 aromatic heterocycles. The fourth-order valence-corrected chi connectivity index (χ4v) is 1.55. The molecule has 0 saturated heterocycles. The first-order valence-corrected chi connectivity index (χ1v) is 4.97. The van der Waals surface area contributed by atoms with E-state index in [1.807, 2.05) is 0 Å². The van der Waals surface area contributed by atoms with Crippen molar-refractivity contribution in [2.24, 2.45) is 11.6 Å². The van der Waals surface area contributed by atoms with Gasteiger partial charge in [0, 0.05) is 5.02 Å². The molecule has 0 heterocycles. The van der Waals surface area contributed by atoms with E-state index in [0.717, 1.165) is 0 Å². The second kappa shape index (κ2) is 5.16. The van der Waals surface area contributed by atoms with E-state index in [4.69, 9.17) is 34.8 Å². The first-order chi connectivity index (χ1) is 7.41. The highest BCUT2D eigenvalue weighted by atomic mass is 35.5. The number of nitrogens with zero attached hydrogens (tertiary/aromatic N) is 1. The lowest BCUT2D eigenvalue weighted by atomic mass is 10.2. The molecule has 0 unspecified atom stereocenters. The molecule has 0 aliphatic carbocycles. The van der Waals surface area contributed by atoms with Gasteiger partial charge in [0.05, 0.1) is 10.6 Å². The molecule has 0 saturated carbocycles. The lowest BCUT2D eigenvalue weighted by Gasteiger charge is -2.15. The number of hydrazine groups is 1. The van der Waals surface area contributed by atoms with Gasteiger partial charge >= 0.3 is 0 Å². The summed E-state index contributed by atoms with van der Waals surface area (Å²) in [6.07, 6.45) is 0. The summed E-state index contributed by atoms with van der Waals surface area (Å²) in [5, 5.41) is 1.26. The SMILES string of the molecule is NC(=O)CN(N)C(=O)c1ccc(Cl)cc1Cl. The predicted molar refractivity (Wildman–Crippen MR) is 60.9 cm³/mol. The van der Waals surface area contributed by atoms with E-state index in [2.05, 4.69) is 0 Å². The molecule has 1 aromatic rings. The standard InChI is InChI=1S/C9H9Cl2N3O2/c10-5-1-2-6(7(11)3-5)9(16)14(13)4-8(12)15/h1-3H,4,13H2,(H2,12,15). The summed E-state index contributed by atoms with van der Waals surface area (Å²) in [5.74, 6) is 4.04. The van der Waals surface area contributed by atoms with Crippen molar-refractivity contribution < 1.29 is 9.59 Å². The van der Waals surface area contributed by atoms with Crippen LogP contribution in [0.4, 0.5) is 0 Å². The molecular weight excluding hydrogens is 253 g/mol. The maximum Gasteiger partial charge on any atom is 0.269 e. The van der Waals surface area contributed by atoms with E-state index >= 15 is 0 Å². The predicted octanol–water partition coefficient (Wildman–Crippen LogP) is 0.795.